The van der Waals surface area contributed by atoms with Gasteiger partial charge in [0.2, 0.25) is 0 Å². The monoisotopic (exact) mass is 205 g/mol. The normalized spacial score (nSPS) is 12.2. The Morgan fingerprint density at radius 1 is 1.15 bits per heavy atom. The summed E-state index contributed by atoms with van der Waals surface area (Å²) in [5.74, 6) is 0. The van der Waals surface area contributed by atoms with E-state index >= 15 is 0 Å². The number of rotatable bonds is 3. The minimum Gasteiger partial charge on any atom is -0.415 e. The molecule has 0 amide bonds. The van der Waals surface area contributed by atoms with Gasteiger partial charge in [0.25, 0.3) is 0 Å². The van der Waals surface area contributed by atoms with Gasteiger partial charge in [-0.15, -0.1) is 0 Å². The number of anilines is 1. The van der Waals surface area contributed by atoms with Gasteiger partial charge in [0, 0.05) is 5.69 Å². The van der Waals surface area contributed by atoms with E-state index in [2.05, 4.69) is 4.98 Å². The van der Waals surface area contributed by atoms with E-state index in [4.69, 9.17) is 0 Å². The Kier molecular flexibility index (Phi) is 3.36. The zero-order chi connectivity index (χ0) is 9.73. The lowest BCUT2D eigenvalue weighted by molar-refractivity contribution is -0.109. The van der Waals surface area contributed by atoms with Crippen molar-refractivity contribution in [3.05, 3.63) is 30.3 Å². The van der Waals surface area contributed by atoms with Crippen LogP contribution in [-0.2, 0) is 0 Å². The van der Waals surface area contributed by atoms with Crippen LogP contribution in [0.5, 0.6) is 0 Å². The van der Waals surface area contributed by atoms with Crippen LogP contribution in [0.15, 0.2) is 30.3 Å². The van der Waals surface area contributed by atoms with Gasteiger partial charge in [0.05, 0.1) is 6.04 Å². The van der Waals surface area contributed by atoms with E-state index in [0.717, 1.165) is 5.69 Å². The summed E-state index contributed by atoms with van der Waals surface area (Å²) in [6, 6.07) is 8.29. The third kappa shape index (κ3) is 4.57. The molecule has 1 N–H and O–H groups in total. The van der Waals surface area contributed by atoms with Gasteiger partial charge in [-0.3, -0.25) is 0 Å². The van der Waals surface area contributed by atoms with Crippen molar-refractivity contribution in [2.24, 2.45) is 0 Å². The summed E-state index contributed by atoms with van der Waals surface area (Å²) in [6.07, 6.45) is -4.02. The van der Waals surface area contributed by atoms with Crippen molar-refractivity contribution in [2.45, 2.75) is 12.2 Å². The fourth-order valence-corrected chi connectivity index (χ4v) is 1.84. The standard InChI is InChI=1S/C8H10F3NSi/c9-8(10,11)6-13-12-7-4-2-1-3-5-7/h1-5,12H,6,13H2. The molecule has 13 heavy (non-hydrogen) atoms. The Bertz CT molecular complexity index is 247. The Labute approximate surface area is 76.9 Å². The van der Waals surface area contributed by atoms with Gasteiger partial charge in [-0.2, -0.15) is 13.2 Å². The zero-order valence-corrected chi connectivity index (χ0v) is 8.35. The second-order valence-electron chi connectivity index (χ2n) is 2.66. The molecule has 0 spiro atoms. The molecule has 0 saturated heterocycles. The summed E-state index contributed by atoms with van der Waals surface area (Å²) in [4.78, 5) is 2.82. The molecule has 0 aliphatic carbocycles. The molecule has 72 valence electrons. The molecule has 1 nitrogen and oxygen atoms in total. The number of para-hydroxylation sites is 1. The Hall–Kier alpha value is -0.973. The average Bonchev–Trinajstić information content (AvgIpc) is 2.04. The molecule has 1 rings (SSSR count). The van der Waals surface area contributed by atoms with E-state index in [1.165, 1.54) is 0 Å². The smallest absolute Gasteiger partial charge is 0.388 e. The summed E-state index contributed by atoms with van der Waals surface area (Å²) < 4.78 is 35.3. The van der Waals surface area contributed by atoms with Crippen LogP contribution < -0.4 is 4.98 Å². The first-order valence-electron chi connectivity index (χ1n) is 3.93. The number of hydrogen-bond donors (Lipinski definition) is 1. The highest BCUT2D eigenvalue weighted by Crippen LogP contribution is 2.19. The summed E-state index contributed by atoms with van der Waals surface area (Å²) in [7, 11) is -1.27. The predicted octanol–water partition coefficient (Wildman–Crippen LogP) is 2.16. The van der Waals surface area contributed by atoms with E-state index < -0.39 is 21.9 Å². The summed E-state index contributed by atoms with van der Waals surface area (Å²) >= 11 is 0. The number of nitrogens with one attached hydrogen (secondary N) is 1. The fraction of sp³-hybridized carbons (Fsp3) is 0.250. The van der Waals surface area contributed by atoms with Crippen LogP contribution >= 0.6 is 0 Å². The van der Waals surface area contributed by atoms with Gasteiger partial charge < -0.3 is 4.98 Å². The highest BCUT2D eigenvalue weighted by atomic mass is 28.2. The maximum absolute atomic E-state index is 11.8. The SMILES string of the molecule is FC(F)(F)C[SiH2]Nc1ccccc1. The van der Waals surface area contributed by atoms with E-state index in [-0.39, 0.29) is 0 Å². The molecule has 0 aromatic heterocycles. The van der Waals surface area contributed by atoms with E-state index in [0.29, 0.717) is 0 Å². The summed E-state index contributed by atoms with van der Waals surface area (Å²) in [5.41, 5.74) is 0.776. The van der Waals surface area contributed by atoms with Crippen LogP contribution in [0.4, 0.5) is 18.9 Å². The van der Waals surface area contributed by atoms with Crippen LogP contribution in [0.2, 0.25) is 6.04 Å². The second-order valence-corrected chi connectivity index (χ2v) is 4.01. The molecular weight excluding hydrogens is 195 g/mol. The first-order chi connectivity index (χ1) is 6.08. The number of halogens is 3. The second kappa shape index (κ2) is 4.32. The first kappa shape index (κ1) is 10.1. The molecule has 5 heteroatoms. The Morgan fingerprint density at radius 2 is 1.77 bits per heavy atom. The molecule has 0 radical (unpaired) electrons. The van der Waals surface area contributed by atoms with Gasteiger partial charge in [-0.1, -0.05) is 18.2 Å². The predicted molar refractivity (Wildman–Crippen MR) is 49.5 cm³/mol. The maximum atomic E-state index is 11.8. The first-order valence-corrected chi connectivity index (χ1v) is 5.64. The summed E-state index contributed by atoms with van der Waals surface area (Å²) in [6.45, 7) is 0. The molecule has 0 aliphatic heterocycles. The van der Waals surface area contributed by atoms with E-state index in [9.17, 15) is 13.2 Å². The van der Waals surface area contributed by atoms with Gasteiger partial charge in [-0.25, -0.2) is 0 Å². The minimum absolute atomic E-state index is 0.665. The Balaban J connectivity index is 2.29. The van der Waals surface area contributed by atoms with Crippen LogP contribution in [0.1, 0.15) is 0 Å². The highest BCUT2D eigenvalue weighted by molar-refractivity contribution is 6.40. The molecule has 0 aliphatic rings. The van der Waals surface area contributed by atoms with Crippen molar-refractivity contribution in [3.63, 3.8) is 0 Å². The lowest BCUT2D eigenvalue weighted by Crippen LogP contribution is -2.16. The van der Waals surface area contributed by atoms with Gasteiger partial charge in [0.1, 0.15) is 9.68 Å². The molecule has 0 saturated carbocycles. The van der Waals surface area contributed by atoms with E-state index in [1.807, 2.05) is 6.07 Å². The number of hydrogen-bond acceptors (Lipinski definition) is 1. The third-order valence-corrected chi connectivity index (χ3v) is 2.99. The fourth-order valence-electron chi connectivity index (χ4n) is 0.905. The van der Waals surface area contributed by atoms with Crippen molar-refractivity contribution in [1.29, 1.82) is 0 Å². The van der Waals surface area contributed by atoms with Crippen molar-refractivity contribution in [2.75, 3.05) is 4.98 Å². The molecule has 0 bridgehead atoms. The lowest BCUT2D eigenvalue weighted by atomic mass is 10.3. The van der Waals surface area contributed by atoms with Crippen LogP contribution in [-0.4, -0.2) is 15.9 Å². The van der Waals surface area contributed by atoms with Crippen LogP contribution in [0.3, 0.4) is 0 Å². The molecule has 1 aromatic rings. The van der Waals surface area contributed by atoms with Crippen molar-refractivity contribution in [3.8, 4) is 0 Å². The van der Waals surface area contributed by atoms with Crippen LogP contribution in [0.25, 0.3) is 0 Å². The van der Waals surface area contributed by atoms with Crippen LogP contribution in [0, 0.1) is 0 Å². The number of alkyl halides is 3. The third-order valence-electron chi connectivity index (χ3n) is 1.51. The van der Waals surface area contributed by atoms with Gasteiger partial charge in [-0.05, 0) is 12.1 Å². The highest BCUT2D eigenvalue weighted by Gasteiger charge is 2.26. The van der Waals surface area contributed by atoms with Gasteiger partial charge >= 0.3 is 6.18 Å². The van der Waals surface area contributed by atoms with E-state index in [1.54, 1.807) is 24.3 Å². The largest absolute Gasteiger partial charge is 0.415 e. The molecule has 0 atom stereocenters. The molecule has 0 fully saturated rings. The molecule has 0 unspecified atom stereocenters. The lowest BCUT2D eigenvalue weighted by Gasteiger charge is -2.07. The van der Waals surface area contributed by atoms with Crippen molar-refractivity contribution >= 4 is 15.4 Å². The quantitative estimate of drug-likeness (QED) is 0.746. The van der Waals surface area contributed by atoms with Gasteiger partial charge in [0.15, 0.2) is 0 Å². The van der Waals surface area contributed by atoms with Crippen molar-refractivity contribution < 1.29 is 13.2 Å². The van der Waals surface area contributed by atoms with Crippen molar-refractivity contribution in [1.82, 2.24) is 0 Å². The molecule has 1 aromatic carbocycles. The zero-order valence-electron chi connectivity index (χ0n) is 6.93. The summed E-state index contributed by atoms with van der Waals surface area (Å²) in [5, 5.41) is 0. The topological polar surface area (TPSA) is 12.0 Å². The molecular formula is C8H10F3NSi. The average molecular weight is 205 g/mol. The maximum Gasteiger partial charge on any atom is 0.388 e. The molecule has 0 heterocycles. The minimum atomic E-state index is -4.02. The number of benzene rings is 1. The Morgan fingerprint density at radius 3 is 2.31 bits per heavy atom.